The standard InChI is InChI=1S/C14H15F3O2/c1-13(2,3)19-12(18)11(14(15,16)17)9-10-7-5-4-6-8-10/h4-9H,1-3H3/b11-9+. The molecule has 0 amide bonds. The summed E-state index contributed by atoms with van der Waals surface area (Å²) in [6, 6.07) is 7.83. The van der Waals surface area contributed by atoms with Crippen molar-refractivity contribution in [3.8, 4) is 0 Å². The molecule has 0 saturated carbocycles. The fraction of sp³-hybridized carbons (Fsp3) is 0.357. The van der Waals surface area contributed by atoms with Gasteiger partial charge in [0, 0.05) is 0 Å². The Labute approximate surface area is 109 Å². The van der Waals surface area contributed by atoms with Crippen LogP contribution < -0.4 is 0 Å². The van der Waals surface area contributed by atoms with E-state index in [0.29, 0.717) is 5.56 Å². The Bertz CT molecular complexity index is 468. The number of hydrogen-bond donors (Lipinski definition) is 0. The second-order valence-corrected chi connectivity index (χ2v) is 4.97. The van der Waals surface area contributed by atoms with Crippen molar-refractivity contribution in [3.05, 3.63) is 41.5 Å². The van der Waals surface area contributed by atoms with Gasteiger partial charge in [-0.1, -0.05) is 30.3 Å². The number of hydrogen-bond acceptors (Lipinski definition) is 2. The predicted molar refractivity (Wildman–Crippen MR) is 66.3 cm³/mol. The monoisotopic (exact) mass is 272 g/mol. The van der Waals surface area contributed by atoms with Gasteiger partial charge in [0.1, 0.15) is 11.2 Å². The van der Waals surface area contributed by atoms with E-state index in [1.54, 1.807) is 18.2 Å². The van der Waals surface area contributed by atoms with Crippen LogP contribution in [0, 0.1) is 0 Å². The lowest BCUT2D eigenvalue weighted by Crippen LogP contribution is -2.29. The van der Waals surface area contributed by atoms with Crippen LogP contribution in [0.25, 0.3) is 6.08 Å². The van der Waals surface area contributed by atoms with Gasteiger partial charge in [0.05, 0.1) is 0 Å². The lowest BCUT2D eigenvalue weighted by atomic mass is 10.1. The molecule has 19 heavy (non-hydrogen) atoms. The molecule has 0 bridgehead atoms. The number of carbonyl (C=O) groups is 1. The molecule has 0 aromatic heterocycles. The minimum Gasteiger partial charge on any atom is -0.456 e. The average molecular weight is 272 g/mol. The van der Waals surface area contributed by atoms with Crippen molar-refractivity contribution >= 4 is 12.0 Å². The number of halogens is 3. The Morgan fingerprint density at radius 1 is 1.11 bits per heavy atom. The number of ether oxygens (including phenoxy) is 1. The van der Waals surface area contributed by atoms with Crippen LogP contribution in [0.5, 0.6) is 0 Å². The Morgan fingerprint density at radius 2 is 1.63 bits per heavy atom. The van der Waals surface area contributed by atoms with Crippen LogP contribution in [0.1, 0.15) is 26.3 Å². The maximum Gasteiger partial charge on any atom is 0.423 e. The Balaban J connectivity index is 3.10. The van der Waals surface area contributed by atoms with Crippen LogP contribution >= 0.6 is 0 Å². The third-order valence-corrected chi connectivity index (χ3v) is 2.03. The normalized spacial score (nSPS) is 13.3. The van der Waals surface area contributed by atoms with E-state index in [1.807, 2.05) is 0 Å². The van der Waals surface area contributed by atoms with E-state index in [1.165, 1.54) is 32.9 Å². The first-order valence-corrected chi connectivity index (χ1v) is 5.67. The summed E-state index contributed by atoms with van der Waals surface area (Å²) in [4.78, 5) is 11.6. The molecule has 5 heteroatoms. The molecule has 0 fully saturated rings. The van der Waals surface area contributed by atoms with Gasteiger partial charge in [0.15, 0.2) is 0 Å². The van der Waals surface area contributed by atoms with Crippen molar-refractivity contribution in [1.82, 2.24) is 0 Å². The number of alkyl halides is 3. The van der Waals surface area contributed by atoms with Crippen molar-refractivity contribution in [2.24, 2.45) is 0 Å². The van der Waals surface area contributed by atoms with Gasteiger partial charge in [-0.15, -0.1) is 0 Å². The van der Waals surface area contributed by atoms with E-state index < -0.39 is 23.3 Å². The van der Waals surface area contributed by atoms with E-state index in [4.69, 9.17) is 4.74 Å². The van der Waals surface area contributed by atoms with Crippen molar-refractivity contribution in [1.29, 1.82) is 0 Å². The summed E-state index contributed by atoms with van der Waals surface area (Å²) in [5, 5.41) is 0. The molecule has 0 unspecified atom stereocenters. The van der Waals surface area contributed by atoms with Gasteiger partial charge in [-0.05, 0) is 32.4 Å². The molecule has 1 rings (SSSR count). The highest BCUT2D eigenvalue weighted by molar-refractivity contribution is 5.95. The molecule has 0 aliphatic heterocycles. The highest BCUT2D eigenvalue weighted by Gasteiger charge is 2.40. The molecule has 0 heterocycles. The van der Waals surface area contributed by atoms with Crippen molar-refractivity contribution in [2.45, 2.75) is 32.5 Å². The molecule has 1 aromatic carbocycles. The zero-order valence-electron chi connectivity index (χ0n) is 10.9. The molecule has 0 radical (unpaired) electrons. The van der Waals surface area contributed by atoms with Gasteiger partial charge in [-0.3, -0.25) is 0 Å². The highest BCUT2D eigenvalue weighted by Crippen LogP contribution is 2.29. The highest BCUT2D eigenvalue weighted by atomic mass is 19.4. The fourth-order valence-corrected chi connectivity index (χ4v) is 1.31. The molecule has 0 aliphatic carbocycles. The molecule has 0 atom stereocenters. The maximum atomic E-state index is 12.9. The molecule has 0 aliphatic rings. The van der Waals surface area contributed by atoms with Crippen molar-refractivity contribution < 1.29 is 22.7 Å². The summed E-state index contributed by atoms with van der Waals surface area (Å²) >= 11 is 0. The molecule has 1 aromatic rings. The zero-order chi connectivity index (χ0) is 14.7. The van der Waals surface area contributed by atoms with Gasteiger partial charge < -0.3 is 4.74 Å². The van der Waals surface area contributed by atoms with Crippen LogP contribution in [0.4, 0.5) is 13.2 Å². The van der Waals surface area contributed by atoms with E-state index in [0.717, 1.165) is 6.08 Å². The van der Waals surface area contributed by atoms with Crippen LogP contribution in [0.15, 0.2) is 35.9 Å². The smallest absolute Gasteiger partial charge is 0.423 e. The molecule has 0 spiro atoms. The summed E-state index contributed by atoms with van der Waals surface area (Å²) in [6.45, 7) is 4.55. The molecule has 2 nitrogen and oxygen atoms in total. The number of rotatable bonds is 2. The molecule has 0 saturated heterocycles. The first kappa shape index (κ1) is 15.3. The summed E-state index contributed by atoms with van der Waals surface area (Å²) in [5.74, 6) is -1.37. The lowest BCUT2D eigenvalue weighted by molar-refractivity contribution is -0.160. The molecule has 0 N–H and O–H groups in total. The van der Waals surface area contributed by atoms with E-state index in [9.17, 15) is 18.0 Å². The minimum absolute atomic E-state index is 0.292. The van der Waals surface area contributed by atoms with Gasteiger partial charge in [0.25, 0.3) is 0 Å². The van der Waals surface area contributed by atoms with Crippen LogP contribution in [-0.2, 0) is 9.53 Å². The largest absolute Gasteiger partial charge is 0.456 e. The summed E-state index contributed by atoms with van der Waals surface area (Å²) < 4.78 is 43.4. The fourth-order valence-electron chi connectivity index (χ4n) is 1.31. The zero-order valence-corrected chi connectivity index (χ0v) is 10.9. The van der Waals surface area contributed by atoms with E-state index >= 15 is 0 Å². The Morgan fingerprint density at radius 3 is 2.05 bits per heavy atom. The molecular weight excluding hydrogens is 257 g/mol. The first-order valence-electron chi connectivity index (χ1n) is 5.67. The number of carbonyl (C=O) groups excluding carboxylic acids is 1. The third-order valence-electron chi connectivity index (χ3n) is 2.03. The topological polar surface area (TPSA) is 26.3 Å². The van der Waals surface area contributed by atoms with Gasteiger partial charge in [0.2, 0.25) is 0 Å². The summed E-state index contributed by atoms with van der Waals surface area (Å²) in [5.41, 5.74) is -1.99. The van der Waals surface area contributed by atoms with E-state index in [2.05, 4.69) is 0 Å². The minimum atomic E-state index is -4.75. The number of esters is 1. The second kappa shape index (κ2) is 5.47. The predicted octanol–water partition coefficient (Wildman–Crippen LogP) is 3.97. The molecular formula is C14H15F3O2. The van der Waals surface area contributed by atoms with Crippen LogP contribution in [0.3, 0.4) is 0 Å². The van der Waals surface area contributed by atoms with Gasteiger partial charge in [-0.2, -0.15) is 13.2 Å². The average Bonchev–Trinajstić information content (AvgIpc) is 2.23. The van der Waals surface area contributed by atoms with Gasteiger partial charge in [-0.25, -0.2) is 4.79 Å². The quantitative estimate of drug-likeness (QED) is 0.601. The summed E-state index contributed by atoms with van der Waals surface area (Å²) in [7, 11) is 0. The third kappa shape index (κ3) is 5.16. The van der Waals surface area contributed by atoms with Crippen molar-refractivity contribution in [3.63, 3.8) is 0 Å². The van der Waals surface area contributed by atoms with Crippen LogP contribution in [0.2, 0.25) is 0 Å². The lowest BCUT2D eigenvalue weighted by Gasteiger charge is -2.21. The maximum absolute atomic E-state index is 12.9. The SMILES string of the molecule is CC(C)(C)OC(=O)/C(=C\c1ccccc1)C(F)(F)F. The van der Waals surface area contributed by atoms with Gasteiger partial charge >= 0.3 is 12.1 Å². The second-order valence-electron chi connectivity index (χ2n) is 4.97. The van der Waals surface area contributed by atoms with Crippen LogP contribution in [-0.4, -0.2) is 17.7 Å². The Hall–Kier alpha value is -1.78. The number of benzene rings is 1. The summed E-state index contributed by atoms with van der Waals surface area (Å²) in [6.07, 6.45) is -3.97. The van der Waals surface area contributed by atoms with E-state index in [-0.39, 0.29) is 0 Å². The van der Waals surface area contributed by atoms with Crippen molar-refractivity contribution in [2.75, 3.05) is 0 Å². The Kier molecular flexibility index (Phi) is 4.39. The first-order chi connectivity index (χ1) is 8.59. The molecule has 104 valence electrons.